The number of halogens is 2. The molecule has 0 saturated carbocycles. The largest absolute Gasteiger partial charge is 0.246 e. The normalized spacial score (nSPS) is 22.1. The molecule has 1 saturated heterocycles. The van der Waals surface area contributed by atoms with Crippen molar-refractivity contribution < 1.29 is 12.8 Å². The molecule has 100 valence electrons. The van der Waals surface area contributed by atoms with E-state index in [0.717, 1.165) is 18.9 Å². The predicted molar refractivity (Wildman–Crippen MR) is 68.6 cm³/mol. The van der Waals surface area contributed by atoms with E-state index in [9.17, 15) is 12.8 Å². The van der Waals surface area contributed by atoms with E-state index < -0.39 is 15.8 Å². The van der Waals surface area contributed by atoms with Crippen LogP contribution >= 0.6 is 11.6 Å². The Hall–Kier alpha value is -0.650. The van der Waals surface area contributed by atoms with Gasteiger partial charge >= 0.3 is 0 Å². The standard InChI is InChI=1S/C12H15ClFNO2S/c1-9-3-2-6-15(8-9)18(16,17)12-7-10(13)4-5-11(12)14/h4-5,7,9H,2-3,6,8H2,1H3. The van der Waals surface area contributed by atoms with Gasteiger partial charge in [-0.1, -0.05) is 18.5 Å². The molecular weight excluding hydrogens is 277 g/mol. The zero-order valence-electron chi connectivity index (χ0n) is 10.1. The predicted octanol–water partition coefficient (Wildman–Crippen LogP) is 2.90. The molecule has 1 aliphatic rings. The molecule has 1 unspecified atom stereocenters. The second-order valence-corrected chi connectivity index (χ2v) is 7.03. The van der Waals surface area contributed by atoms with E-state index in [4.69, 9.17) is 11.6 Å². The van der Waals surface area contributed by atoms with Crippen LogP contribution in [0.2, 0.25) is 5.02 Å². The number of piperidine rings is 1. The van der Waals surface area contributed by atoms with Crippen LogP contribution in [0, 0.1) is 11.7 Å². The Morgan fingerprint density at radius 3 is 2.83 bits per heavy atom. The average Bonchev–Trinajstić information content (AvgIpc) is 2.32. The van der Waals surface area contributed by atoms with Gasteiger partial charge in [-0.25, -0.2) is 12.8 Å². The van der Waals surface area contributed by atoms with Crippen molar-refractivity contribution in [1.82, 2.24) is 4.31 Å². The molecule has 0 radical (unpaired) electrons. The van der Waals surface area contributed by atoms with Crippen molar-refractivity contribution in [1.29, 1.82) is 0 Å². The first-order valence-electron chi connectivity index (χ1n) is 5.86. The van der Waals surface area contributed by atoms with Gasteiger partial charge in [-0.05, 0) is 37.0 Å². The first-order chi connectivity index (χ1) is 8.41. The van der Waals surface area contributed by atoms with Crippen LogP contribution in [-0.4, -0.2) is 25.8 Å². The summed E-state index contributed by atoms with van der Waals surface area (Å²) >= 11 is 5.74. The number of sulfonamides is 1. The first kappa shape index (κ1) is 13.8. The summed E-state index contributed by atoms with van der Waals surface area (Å²) in [5.41, 5.74) is 0. The molecule has 2 rings (SSSR count). The molecule has 0 spiro atoms. The fourth-order valence-corrected chi connectivity index (χ4v) is 4.10. The summed E-state index contributed by atoms with van der Waals surface area (Å²) in [7, 11) is -3.77. The smallest absolute Gasteiger partial charge is 0.207 e. The highest BCUT2D eigenvalue weighted by Crippen LogP contribution is 2.26. The summed E-state index contributed by atoms with van der Waals surface area (Å²) < 4.78 is 39.7. The van der Waals surface area contributed by atoms with Gasteiger partial charge in [-0.3, -0.25) is 0 Å². The van der Waals surface area contributed by atoms with Gasteiger partial charge in [0.2, 0.25) is 10.0 Å². The van der Waals surface area contributed by atoms with Crippen molar-refractivity contribution in [2.24, 2.45) is 5.92 Å². The van der Waals surface area contributed by atoms with Crippen LogP contribution in [0.15, 0.2) is 23.1 Å². The lowest BCUT2D eigenvalue weighted by Crippen LogP contribution is -2.39. The summed E-state index contributed by atoms with van der Waals surface area (Å²) in [6.45, 7) is 2.88. The minimum atomic E-state index is -3.77. The van der Waals surface area contributed by atoms with Gasteiger partial charge in [0.25, 0.3) is 0 Å². The SMILES string of the molecule is CC1CCCN(S(=O)(=O)c2cc(Cl)ccc2F)C1. The van der Waals surface area contributed by atoms with E-state index in [0.29, 0.717) is 19.0 Å². The van der Waals surface area contributed by atoms with Gasteiger partial charge < -0.3 is 0 Å². The maximum atomic E-state index is 13.7. The van der Waals surface area contributed by atoms with E-state index in [-0.39, 0.29) is 9.92 Å². The Morgan fingerprint density at radius 2 is 2.17 bits per heavy atom. The lowest BCUT2D eigenvalue weighted by Gasteiger charge is -2.30. The Balaban J connectivity index is 2.38. The van der Waals surface area contributed by atoms with Gasteiger partial charge in [0.1, 0.15) is 10.7 Å². The van der Waals surface area contributed by atoms with Gasteiger partial charge in [-0.2, -0.15) is 4.31 Å². The zero-order chi connectivity index (χ0) is 13.3. The van der Waals surface area contributed by atoms with Crippen molar-refractivity contribution in [2.45, 2.75) is 24.7 Å². The lowest BCUT2D eigenvalue weighted by atomic mass is 10.0. The molecule has 1 aromatic rings. The molecule has 0 aromatic heterocycles. The van der Waals surface area contributed by atoms with E-state index in [1.54, 1.807) is 0 Å². The van der Waals surface area contributed by atoms with Crippen LogP contribution in [0.3, 0.4) is 0 Å². The highest BCUT2D eigenvalue weighted by Gasteiger charge is 2.30. The van der Waals surface area contributed by atoms with Crippen LogP contribution in [-0.2, 0) is 10.0 Å². The third-order valence-electron chi connectivity index (χ3n) is 3.13. The maximum absolute atomic E-state index is 13.7. The van der Waals surface area contributed by atoms with E-state index >= 15 is 0 Å². The van der Waals surface area contributed by atoms with Gasteiger partial charge in [0.15, 0.2) is 0 Å². The fraction of sp³-hybridized carbons (Fsp3) is 0.500. The average molecular weight is 292 g/mol. The molecule has 1 atom stereocenters. The second-order valence-electron chi connectivity index (χ2n) is 4.69. The molecule has 6 heteroatoms. The third-order valence-corrected chi connectivity index (χ3v) is 5.25. The molecule has 0 N–H and O–H groups in total. The fourth-order valence-electron chi connectivity index (χ4n) is 2.18. The lowest BCUT2D eigenvalue weighted by molar-refractivity contribution is 0.280. The zero-order valence-corrected chi connectivity index (χ0v) is 11.6. The number of nitrogens with zero attached hydrogens (tertiary/aromatic N) is 1. The van der Waals surface area contributed by atoms with Crippen molar-refractivity contribution in [3.8, 4) is 0 Å². The molecule has 1 aliphatic heterocycles. The summed E-state index contributed by atoms with van der Waals surface area (Å²) in [4.78, 5) is -0.330. The van der Waals surface area contributed by atoms with Crippen molar-refractivity contribution in [2.75, 3.05) is 13.1 Å². The number of benzene rings is 1. The molecule has 1 aromatic carbocycles. The van der Waals surface area contributed by atoms with Crippen LogP contribution in [0.5, 0.6) is 0 Å². The van der Waals surface area contributed by atoms with Gasteiger partial charge in [-0.15, -0.1) is 0 Å². The van der Waals surface area contributed by atoms with Crippen molar-refractivity contribution in [3.63, 3.8) is 0 Å². The Bertz CT molecular complexity index is 547. The number of hydrogen-bond acceptors (Lipinski definition) is 2. The highest BCUT2D eigenvalue weighted by atomic mass is 35.5. The highest BCUT2D eigenvalue weighted by molar-refractivity contribution is 7.89. The molecule has 1 fully saturated rings. The third kappa shape index (κ3) is 2.68. The monoisotopic (exact) mass is 291 g/mol. The van der Waals surface area contributed by atoms with E-state index in [2.05, 4.69) is 0 Å². The second kappa shape index (κ2) is 5.15. The minimum Gasteiger partial charge on any atom is -0.207 e. The molecule has 0 amide bonds. The van der Waals surface area contributed by atoms with Crippen LogP contribution in [0.25, 0.3) is 0 Å². The van der Waals surface area contributed by atoms with Crippen molar-refractivity contribution in [3.05, 3.63) is 29.0 Å². The maximum Gasteiger partial charge on any atom is 0.246 e. The first-order valence-corrected chi connectivity index (χ1v) is 7.68. The summed E-state index contributed by atoms with van der Waals surface area (Å²) in [5.74, 6) is -0.451. The van der Waals surface area contributed by atoms with Crippen LogP contribution in [0.4, 0.5) is 4.39 Å². The van der Waals surface area contributed by atoms with Crippen LogP contribution in [0.1, 0.15) is 19.8 Å². The molecule has 0 aliphatic carbocycles. The molecule has 1 heterocycles. The van der Waals surface area contributed by atoms with Crippen LogP contribution < -0.4 is 0 Å². The molecule has 18 heavy (non-hydrogen) atoms. The van der Waals surface area contributed by atoms with Gasteiger partial charge in [0.05, 0.1) is 0 Å². The van der Waals surface area contributed by atoms with E-state index in [1.807, 2.05) is 6.92 Å². The molecule has 3 nitrogen and oxygen atoms in total. The molecular formula is C12H15ClFNO2S. The summed E-state index contributed by atoms with van der Waals surface area (Å²) in [6, 6.07) is 3.60. The Labute approximate surface area is 112 Å². The topological polar surface area (TPSA) is 37.4 Å². The summed E-state index contributed by atoms with van der Waals surface area (Å²) in [5, 5.41) is 0.222. The number of hydrogen-bond donors (Lipinski definition) is 0. The minimum absolute atomic E-state index is 0.222. The summed E-state index contributed by atoms with van der Waals surface area (Å²) in [6.07, 6.45) is 1.81. The molecule has 0 bridgehead atoms. The Kier molecular flexibility index (Phi) is 3.94. The van der Waals surface area contributed by atoms with E-state index in [1.165, 1.54) is 16.4 Å². The van der Waals surface area contributed by atoms with Gasteiger partial charge in [0, 0.05) is 18.1 Å². The van der Waals surface area contributed by atoms with Crippen molar-refractivity contribution >= 4 is 21.6 Å². The quantitative estimate of drug-likeness (QED) is 0.840. The number of rotatable bonds is 2. The Morgan fingerprint density at radius 1 is 1.44 bits per heavy atom.